The molecular formula is C11H17O4P. The predicted octanol–water partition coefficient (Wildman–Crippen LogP) is 3.04. The molecule has 0 fully saturated rings. The Morgan fingerprint density at radius 3 is 2.50 bits per heavy atom. The van der Waals surface area contributed by atoms with Crippen molar-refractivity contribution in [2.75, 3.05) is 20.1 Å². The summed E-state index contributed by atoms with van der Waals surface area (Å²) in [6, 6.07) is 9.53. The minimum Gasteiger partial charge on any atom is -0.355 e. The first-order valence-corrected chi connectivity index (χ1v) is 7.11. The van der Waals surface area contributed by atoms with Gasteiger partial charge in [-0.2, -0.15) is 0 Å². The van der Waals surface area contributed by atoms with Gasteiger partial charge in [0.05, 0.1) is 6.61 Å². The fraction of sp³-hybridized carbons (Fsp3) is 0.455. The quantitative estimate of drug-likeness (QED) is 0.420. The van der Waals surface area contributed by atoms with E-state index in [0.29, 0.717) is 6.61 Å². The first kappa shape index (κ1) is 13.4. The molecule has 90 valence electrons. The molecule has 0 radical (unpaired) electrons. The maximum atomic E-state index is 11.7. The zero-order chi connectivity index (χ0) is 11.9. The summed E-state index contributed by atoms with van der Waals surface area (Å²) in [6.45, 7) is 4.09. The van der Waals surface area contributed by atoms with Gasteiger partial charge in [-0.05, 0) is 12.5 Å². The van der Waals surface area contributed by atoms with Crippen molar-refractivity contribution in [3.8, 4) is 0 Å². The van der Waals surface area contributed by atoms with Gasteiger partial charge in [0.25, 0.3) is 0 Å². The first-order valence-electron chi connectivity index (χ1n) is 5.12. The predicted molar refractivity (Wildman–Crippen MR) is 62.3 cm³/mol. The lowest BCUT2D eigenvalue weighted by Gasteiger charge is -2.13. The molecule has 4 nitrogen and oxygen atoms in total. The monoisotopic (exact) mass is 244 g/mol. The Morgan fingerprint density at radius 1 is 1.19 bits per heavy atom. The van der Waals surface area contributed by atoms with Gasteiger partial charge in [-0.3, -0.25) is 9.09 Å². The maximum Gasteiger partial charge on any atom is 0.330 e. The standard InChI is InChI=1S/C11H17O4P/c1-3-13-10-15-16(2,12)14-9-11-7-5-4-6-8-11/h4-8H,3,9-10H2,1-2H3. The second kappa shape index (κ2) is 6.81. The molecule has 0 bridgehead atoms. The van der Waals surface area contributed by atoms with E-state index in [4.69, 9.17) is 13.8 Å². The van der Waals surface area contributed by atoms with Gasteiger partial charge >= 0.3 is 7.60 Å². The molecule has 1 unspecified atom stereocenters. The van der Waals surface area contributed by atoms with Gasteiger partial charge in [0.1, 0.15) is 0 Å². The van der Waals surface area contributed by atoms with Crippen LogP contribution in [-0.4, -0.2) is 20.1 Å². The molecule has 5 heteroatoms. The van der Waals surface area contributed by atoms with Gasteiger partial charge in [0.2, 0.25) is 0 Å². The number of hydrogen-bond acceptors (Lipinski definition) is 4. The summed E-state index contributed by atoms with van der Waals surface area (Å²) in [6.07, 6.45) is 0. The Bertz CT molecular complexity index is 339. The summed E-state index contributed by atoms with van der Waals surface area (Å²) in [5, 5.41) is 0. The number of hydrogen-bond donors (Lipinski definition) is 0. The molecule has 0 heterocycles. The van der Waals surface area contributed by atoms with Gasteiger partial charge in [-0.1, -0.05) is 30.3 Å². The third-order valence-electron chi connectivity index (χ3n) is 1.88. The van der Waals surface area contributed by atoms with Gasteiger partial charge in [0, 0.05) is 13.3 Å². The second-order valence-corrected chi connectivity index (χ2v) is 5.33. The number of rotatable bonds is 7. The highest BCUT2D eigenvalue weighted by molar-refractivity contribution is 7.52. The van der Waals surface area contributed by atoms with Crippen LogP contribution in [0.1, 0.15) is 12.5 Å². The normalized spacial score (nSPS) is 14.6. The lowest BCUT2D eigenvalue weighted by molar-refractivity contribution is 0.0115. The summed E-state index contributed by atoms with van der Waals surface area (Å²) >= 11 is 0. The highest BCUT2D eigenvalue weighted by atomic mass is 31.2. The zero-order valence-electron chi connectivity index (χ0n) is 9.59. The molecular weight excluding hydrogens is 227 g/mol. The minimum atomic E-state index is -3.01. The van der Waals surface area contributed by atoms with Crippen LogP contribution in [0, 0.1) is 0 Å². The number of benzene rings is 1. The lowest BCUT2D eigenvalue weighted by Crippen LogP contribution is -2.00. The average molecular weight is 244 g/mol. The third-order valence-corrected chi connectivity index (χ3v) is 3.06. The first-order chi connectivity index (χ1) is 7.64. The molecule has 1 aromatic rings. The third kappa shape index (κ3) is 5.42. The van der Waals surface area contributed by atoms with Crippen LogP contribution in [0.2, 0.25) is 0 Å². The number of ether oxygens (including phenoxy) is 1. The largest absolute Gasteiger partial charge is 0.355 e. The molecule has 0 aliphatic heterocycles. The smallest absolute Gasteiger partial charge is 0.330 e. The van der Waals surface area contributed by atoms with Gasteiger partial charge in [-0.25, -0.2) is 0 Å². The van der Waals surface area contributed by atoms with Crippen molar-refractivity contribution >= 4 is 7.60 Å². The highest BCUT2D eigenvalue weighted by Crippen LogP contribution is 2.44. The van der Waals surface area contributed by atoms with Crippen LogP contribution >= 0.6 is 7.60 Å². The van der Waals surface area contributed by atoms with Crippen molar-refractivity contribution in [2.24, 2.45) is 0 Å². The van der Waals surface area contributed by atoms with Crippen molar-refractivity contribution in [3.05, 3.63) is 35.9 Å². The fourth-order valence-electron chi connectivity index (χ4n) is 1.02. The van der Waals surface area contributed by atoms with E-state index in [0.717, 1.165) is 5.56 Å². The molecule has 0 saturated carbocycles. The van der Waals surface area contributed by atoms with Crippen molar-refractivity contribution in [2.45, 2.75) is 13.5 Å². The Kier molecular flexibility index (Phi) is 5.71. The molecule has 0 N–H and O–H groups in total. The summed E-state index contributed by atoms with van der Waals surface area (Å²) < 4.78 is 26.9. The van der Waals surface area contributed by atoms with E-state index in [1.54, 1.807) is 0 Å². The van der Waals surface area contributed by atoms with E-state index < -0.39 is 7.60 Å². The van der Waals surface area contributed by atoms with Crippen molar-refractivity contribution in [3.63, 3.8) is 0 Å². The Labute approximate surface area is 96.1 Å². The van der Waals surface area contributed by atoms with E-state index in [-0.39, 0.29) is 13.4 Å². The van der Waals surface area contributed by atoms with Crippen LogP contribution < -0.4 is 0 Å². The zero-order valence-corrected chi connectivity index (χ0v) is 10.5. The molecule has 0 spiro atoms. The lowest BCUT2D eigenvalue weighted by atomic mass is 10.2. The molecule has 1 aromatic carbocycles. The Morgan fingerprint density at radius 2 is 1.88 bits per heavy atom. The van der Waals surface area contributed by atoms with Crippen LogP contribution in [0.25, 0.3) is 0 Å². The average Bonchev–Trinajstić information content (AvgIpc) is 2.28. The fourth-order valence-corrected chi connectivity index (χ4v) is 1.74. The minimum absolute atomic E-state index is 0.000925. The SMILES string of the molecule is CCOCOP(C)(=O)OCc1ccccc1. The second-order valence-electron chi connectivity index (χ2n) is 3.27. The molecule has 0 saturated heterocycles. The van der Waals surface area contributed by atoms with Crippen molar-refractivity contribution < 1.29 is 18.3 Å². The summed E-state index contributed by atoms with van der Waals surface area (Å²) in [5.74, 6) is 0. The molecule has 0 aromatic heterocycles. The maximum absolute atomic E-state index is 11.7. The van der Waals surface area contributed by atoms with E-state index in [1.165, 1.54) is 6.66 Å². The molecule has 1 rings (SSSR count). The van der Waals surface area contributed by atoms with Crippen LogP contribution in [-0.2, 0) is 25.0 Å². The summed E-state index contributed by atoms with van der Waals surface area (Å²) in [7, 11) is -3.01. The molecule has 16 heavy (non-hydrogen) atoms. The van der Waals surface area contributed by atoms with Gasteiger partial charge < -0.3 is 9.26 Å². The highest BCUT2D eigenvalue weighted by Gasteiger charge is 2.16. The van der Waals surface area contributed by atoms with E-state index in [9.17, 15) is 4.57 Å². The molecule has 0 aliphatic carbocycles. The van der Waals surface area contributed by atoms with E-state index in [1.807, 2.05) is 37.3 Å². The van der Waals surface area contributed by atoms with Gasteiger partial charge in [-0.15, -0.1) is 0 Å². The summed E-state index contributed by atoms with van der Waals surface area (Å²) in [4.78, 5) is 0. The van der Waals surface area contributed by atoms with Crippen molar-refractivity contribution in [1.82, 2.24) is 0 Å². The van der Waals surface area contributed by atoms with Crippen LogP contribution in [0.3, 0.4) is 0 Å². The van der Waals surface area contributed by atoms with Crippen LogP contribution in [0.15, 0.2) is 30.3 Å². The van der Waals surface area contributed by atoms with Crippen molar-refractivity contribution in [1.29, 1.82) is 0 Å². The molecule has 0 amide bonds. The van der Waals surface area contributed by atoms with Crippen LogP contribution in [0.5, 0.6) is 0 Å². The topological polar surface area (TPSA) is 44.8 Å². The molecule has 1 atom stereocenters. The van der Waals surface area contributed by atoms with E-state index in [2.05, 4.69) is 0 Å². The van der Waals surface area contributed by atoms with Gasteiger partial charge in [0.15, 0.2) is 6.79 Å². The van der Waals surface area contributed by atoms with Crippen LogP contribution in [0.4, 0.5) is 0 Å². The Balaban J connectivity index is 2.33. The van der Waals surface area contributed by atoms with E-state index >= 15 is 0 Å². The molecule has 0 aliphatic rings. The summed E-state index contributed by atoms with van der Waals surface area (Å²) in [5.41, 5.74) is 0.963. The Hall–Kier alpha value is -0.670.